The van der Waals surface area contributed by atoms with E-state index < -0.39 is 0 Å². The number of rotatable bonds is 6. The highest BCUT2D eigenvalue weighted by Crippen LogP contribution is 2.35. The Balaban J connectivity index is 2.01. The van der Waals surface area contributed by atoms with Gasteiger partial charge in [-0.05, 0) is 36.6 Å². The average Bonchev–Trinajstić information content (AvgIpc) is 2.86. The fourth-order valence-corrected chi connectivity index (χ4v) is 2.63. The Hall–Kier alpha value is -1.13. The number of methoxy groups -OCH3 is 1. The van der Waals surface area contributed by atoms with E-state index in [2.05, 4.69) is 19.2 Å². The van der Waals surface area contributed by atoms with E-state index in [1.165, 1.54) is 13.2 Å². The highest BCUT2D eigenvalue weighted by Gasteiger charge is 2.29. The Kier molecular flexibility index (Phi) is 5.38. The molecule has 1 saturated heterocycles. The van der Waals surface area contributed by atoms with Gasteiger partial charge in [0.05, 0.1) is 13.2 Å². The first kappa shape index (κ1) is 15.3. The molecule has 20 heavy (non-hydrogen) atoms. The highest BCUT2D eigenvalue weighted by molar-refractivity contribution is 5.31. The summed E-state index contributed by atoms with van der Waals surface area (Å²) >= 11 is 0. The van der Waals surface area contributed by atoms with Gasteiger partial charge in [-0.3, -0.25) is 0 Å². The first-order valence-electron chi connectivity index (χ1n) is 7.27. The third-order valence-corrected chi connectivity index (χ3v) is 3.68. The fourth-order valence-electron chi connectivity index (χ4n) is 2.63. The largest absolute Gasteiger partial charge is 0.494 e. The Morgan fingerprint density at radius 3 is 2.90 bits per heavy atom. The van der Waals surface area contributed by atoms with Crippen molar-refractivity contribution in [3.8, 4) is 5.75 Å². The fraction of sp³-hybridized carbons (Fsp3) is 0.625. The molecule has 2 rings (SSSR count). The molecule has 0 bridgehead atoms. The van der Waals surface area contributed by atoms with Crippen LogP contribution in [0.2, 0.25) is 0 Å². The predicted molar refractivity (Wildman–Crippen MR) is 77.5 cm³/mol. The van der Waals surface area contributed by atoms with Gasteiger partial charge < -0.3 is 14.8 Å². The van der Waals surface area contributed by atoms with Crippen LogP contribution >= 0.6 is 0 Å². The van der Waals surface area contributed by atoms with Crippen molar-refractivity contribution in [1.82, 2.24) is 5.32 Å². The maximum atomic E-state index is 13.8. The minimum Gasteiger partial charge on any atom is -0.494 e. The molecule has 2 atom stereocenters. The maximum Gasteiger partial charge on any atom is 0.165 e. The van der Waals surface area contributed by atoms with Gasteiger partial charge >= 0.3 is 0 Å². The number of hydrogen-bond donors (Lipinski definition) is 1. The van der Waals surface area contributed by atoms with Crippen molar-refractivity contribution in [3.05, 3.63) is 29.6 Å². The van der Waals surface area contributed by atoms with Crippen molar-refractivity contribution in [1.29, 1.82) is 0 Å². The van der Waals surface area contributed by atoms with Gasteiger partial charge in [0.1, 0.15) is 0 Å². The van der Waals surface area contributed by atoms with Crippen LogP contribution in [0.15, 0.2) is 18.2 Å². The minimum atomic E-state index is -0.325. The Morgan fingerprint density at radius 2 is 2.25 bits per heavy atom. The van der Waals surface area contributed by atoms with Gasteiger partial charge in [0.15, 0.2) is 11.6 Å². The molecule has 0 amide bonds. The zero-order valence-electron chi connectivity index (χ0n) is 12.5. The highest BCUT2D eigenvalue weighted by atomic mass is 19.1. The van der Waals surface area contributed by atoms with Crippen LogP contribution in [0.3, 0.4) is 0 Å². The average molecular weight is 281 g/mol. The maximum absolute atomic E-state index is 13.8. The Bertz CT molecular complexity index is 436. The van der Waals surface area contributed by atoms with E-state index in [0.717, 1.165) is 31.7 Å². The quantitative estimate of drug-likeness (QED) is 0.869. The lowest BCUT2D eigenvalue weighted by atomic mass is 9.95. The third kappa shape index (κ3) is 3.70. The Labute approximate surface area is 120 Å². The summed E-state index contributed by atoms with van der Waals surface area (Å²) in [6, 6.07) is 5.10. The van der Waals surface area contributed by atoms with Crippen molar-refractivity contribution < 1.29 is 13.9 Å². The van der Waals surface area contributed by atoms with E-state index in [1.807, 2.05) is 6.07 Å². The molecule has 4 heteroatoms. The molecule has 0 radical (unpaired) electrons. The summed E-state index contributed by atoms with van der Waals surface area (Å²) in [5.74, 6) is 0.992. The van der Waals surface area contributed by atoms with Crippen LogP contribution < -0.4 is 10.1 Å². The molecular formula is C16H24FNO2. The molecule has 0 spiro atoms. The van der Waals surface area contributed by atoms with Crippen molar-refractivity contribution in [2.45, 2.75) is 26.4 Å². The lowest BCUT2D eigenvalue weighted by Crippen LogP contribution is -2.28. The number of benzene rings is 1. The van der Waals surface area contributed by atoms with Crippen molar-refractivity contribution in [2.75, 3.05) is 26.8 Å². The van der Waals surface area contributed by atoms with Gasteiger partial charge in [-0.25, -0.2) is 4.39 Å². The summed E-state index contributed by atoms with van der Waals surface area (Å²) in [6.45, 7) is 7.03. The molecule has 3 nitrogen and oxygen atoms in total. The van der Waals surface area contributed by atoms with Gasteiger partial charge in [-0.1, -0.05) is 19.9 Å². The smallest absolute Gasteiger partial charge is 0.165 e. The second kappa shape index (κ2) is 7.04. The summed E-state index contributed by atoms with van der Waals surface area (Å²) in [6.07, 6.45) is 0.999. The van der Waals surface area contributed by atoms with E-state index in [0.29, 0.717) is 11.8 Å². The molecule has 1 aliphatic rings. The van der Waals surface area contributed by atoms with Crippen LogP contribution in [0.25, 0.3) is 0 Å². The van der Waals surface area contributed by atoms with Crippen molar-refractivity contribution in [2.24, 2.45) is 11.8 Å². The van der Waals surface area contributed by atoms with Crippen LogP contribution in [0.4, 0.5) is 4.39 Å². The Morgan fingerprint density at radius 1 is 1.45 bits per heavy atom. The lowest BCUT2D eigenvalue weighted by Gasteiger charge is -2.20. The standard InChI is InChI=1S/C16H24FNO2/c1-11(2)9-18-10-13-6-7-20-16(13)12-4-5-15(19-3)14(17)8-12/h4-5,8,11,13,16,18H,6-7,9-10H2,1-3H3. The first-order valence-corrected chi connectivity index (χ1v) is 7.27. The number of halogens is 1. The van der Waals surface area contributed by atoms with Gasteiger partial charge in [-0.2, -0.15) is 0 Å². The second-order valence-corrected chi connectivity index (χ2v) is 5.79. The summed E-state index contributed by atoms with van der Waals surface area (Å²) in [5, 5.41) is 3.47. The molecule has 1 heterocycles. The molecule has 0 saturated carbocycles. The number of hydrogen-bond acceptors (Lipinski definition) is 3. The zero-order chi connectivity index (χ0) is 14.5. The van der Waals surface area contributed by atoms with E-state index in [4.69, 9.17) is 9.47 Å². The third-order valence-electron chi connectivity index (χ3n) is 3.68. The van der Waals surface area contributed by atoms with E-state index in [-0.39, 0.29) is 17.7 Å². The van der Waals surface area contributed by atoms with Crippen LogP contribution in [0, 0.1) is 17.7 Å². The van der Waals surface area contributed by atoms with Gasteiger partial charge in [0.25, 0.3) is 0 Å². The molecular weight excluding hydrogens is 257 g/mol. The lowest BCUT2D eigenvalue weighted by molar-refractivity contribution is 0.0900. The van der Waals surface area contributed by atoms with Gasteiger partial charge in [0.2, 0.25) is 0 Å². The normalized spacial score (nSPS) is 22.4. The summed E-state index contributed by atoms with van der Waals surface area (Å²) < 4.78 is 24.5. The van der Waals surface area contributed by atoms with E-state index in [9.17, 15) is 4.39 Å². The van der Waals surface area contributed by atoms with E-state index in [1.54, 1.807) is 6.07 Å². The molecule has 1 aliphatic heterocycles. The molecule has 1 aromatic rings. The summed E-state index contributed by atoms with van der Waals surface area (Å²) in [7, 11) is 1.47. The van der Waals surface area contributed by atoms with Crippen LogP contribution in [0.5, 0.6) is 5.75 Å². The van der Waals surface area contributed by atoms with E-state index >= 15 is 0 Å². The van der Waals surface area contributed by atoms with Gasteiger partial charge in [-0.15, -0.1) is 0 Å². The molecule has 0 aliphatic carbocycles. The molecule has 0 aromatic heterocycles. The monoisotopic (exact) mass is 281 g/mol. The number of ether oxygens (including phenoxy) is 2. The summed E-state index contributed by atoms with van der Waals surface area (Å²) in [4.78, 5) is 0. The van der Waals surface area contributed by atoms with Crippen molar-refractivity contribution >= 4 is 0 Å². The topological polar surface area (TPSA) is 30.5 Å². The number of nitrogens with one attached hydrogen (secondary N) is 1. The molecule has 2 unspecified atom stereocenters. The molecule has 1 N–H and O–H groups in total. The van der Waals surface area contributed by atoms with Crippen LogP contribution in [-0.4, -0.2) is 26.8 Å². The second-order valence-electron chi connectivity index (χ2n) is 5.79. The molecule has 1 aromatic carbocycles. The summed E-state index contributed by atoms with van der Waals surface area (Å²) in [5.41, 5.74) is 0.900. The molecule has 1 fully saturated rings. The molecule has 112 valence electrons. The minimum absolute atomic E-state index is 0.0185. The predicted octanol–water partition coefficient (Wildman–Crippen LogP) is 3.16. The van der Waals surface area contributed by atoms with Crippen LogP contribution in [-0.2, 0) is 4.74 Å². The van der Waals surface area contributed by atoms with Gasteiger partial charge in [0, 0.05) is 19.1 Å². The van der Waals surface area contributed by atoms with Crippen LogP contribution in [0.1, 0.15) is 31.9 Å². The zero-order valence-corrected chi connectivity index (χ0v) is 12.5. The SMILES string of the molecule is COc1ccc(C2OCCC2CNCC(C)C)cc1F. The van der Waals surface area contributed by atoms with Crippen molar-refractivity contribution in [3.63, 3.8) is 0 Å². The first-order chi connectivity index (χ1) is 9.61.